The fourth-order valence-corrected chi connectivity index (χ4v) is 3.80. The molecule has 1 fully saturated rings. The molecule has 0 aliphatic carbocycles. The molecule has 108 valence electrons. The highest BCUT2D eigenvalue weighted by molar-refractivity contribution is 7.89. The molecule has 1 aliphatic rings. The predicted octanol–water partition coefficient (Wildman–Crippen LogP) is 2.34. The Hall–Kier alpha value is -2.25. The lowest BCUT2D eigenvalue weighted by atomic mass is 10.1. The quantitative estimate of drug-likeness (QED) is 0.493. The Morgan fingerprint density at radius 1 is 1.10 bits per heavy atom. The Balaban J connectivity index is 1.87. The molecule has 0 radical (unpaired) electrons. The highest BCUT2D eigenvalue weighted by Gasteiger charge is 2.45. The minimum Gasteiger partial charge on any atom is -0.258 e. The van der Waals surface area contributed by atoms with Crippen molar-refractivity contribution < 1.29 is 13.3 Å². The number of non-ortho nitro benzene ring substituents is 1. The van der Waals surface area contributed by atoms with E-state index in [1.807, 2.05) is 0 Å². The molecule has 0 saturated carbocycles. The summed E-state index contributed by atoms with van der Waals surface area (Å²) in [5.41, 5.74) is 0.611. The standard InChI is InChI=1S/C14H12N2O4S/c17-16(18)12-6-4-5-11(9-12)14-10-15(14)21(19,20)13-7-2-1-3-8-13/h1-9,14H,10H2. The van der Waals surface area contributed by atoms with Gasteiger partial charge in [0.25, 0.3) is 5.69 Å². The van der Waals surface area contributed by atoms with E-state index in [1.165, 1.54) is 28.6 Å². The third kappa shape index (κ3) is 2.53. The van der Waals surface area contributed by atoms with Crippen LogP contribution in [-0.4, -0.2) is 24.2 Å². The third-order valence-electron chi connectivity index (χ3n) is 3.38. The summed E-state index contributed by atoms with van der Waals surface area (Å²) in [7, 11) is -3.53. The molecule has 2 aromatic rings. The SMILES string of the molecule is O=[N+]([O-])c1cccc(C2CN2S(=O)(=O)c2ccccc2)c1. The number of nitro groups is 1. The first kappa shape index (κ1) is 13.7. The van der Waals surface area contributed by atoms with Crippen molar-refractivity contribution in [3.8, 4) is 0 Å². The topological polar surface area (TPSA) is 80.3 Å². The van der Waals surface area contributed by atoms with Gasteiger partial charge in [0.05, 0.1) is 15.9 Å². The van der Waals surface area contributed by atoms with E-state index in [0.717, 1.165) is 0 Å². The molecule has 2 aromatic carbocycles. The molecule has 2 atom stereocenters. The van der Waals surface area contributed by atoms with Crippen molar-refractivity contribution in [2.75, 3.05) is 6.54 Å². The van der Waals surface area contributed by atoms with Crippen LogP contribution in [-0.2, 0) is 10.0 Å². The molecule has 1 aliphatic heterocycles. The molecule has 21 heavy (non-hydrogen) atoms. The summed E-state index contributed by atoms with van der Waals surface area (Å²) in [6.45, 7) is 0.346. The molecule has 0 spiro atoms. The Morgan fingerprint density at radius 2 is 1.81 bits per heavy atom. The molecular weight excluding hydrogens is 292 g/mol. The van der Waals surface area contributed by atoms with Crippen molar-refractivity contribution >= 4 is 15.7 Å². The van der Waals surface area contributed by atoms with E-state index in [4.69, 9.17) is 0 Å². The second kappa shape index (κ2) is 4.94. The first-order valence-electron chi connectivity index (χ1n) is 6.31. The van der Waals surface area contributed by atoms with Gasteiger partial charge in [-0.2, -0.15) is 4.31 Å². The smallest absolute Gasteiger partial charge is 0.258 e. The van der Waals surface area contributed by atoms with Gasteiger partial charge in [0.2, 0.25) is 10.0 Å². The number of nitrogens with zero attached hydrogens (tertiary/aromatic N) is 2. The number of benzene rings is 2. The van der Waals surface area contributed by atoms with Gasteiger partial charge in [-0.25, -0.2) is 8.42 Å². The largest absolute Gasteiger partial charge is 0.269 e. The van der Waals surface area contributed by atoms with Crippen LogP contribution in [0, 0.1) is 10.1 Å². The maximum Gasteiger partial charge on any atom is 0.269 e. The lowest BCUT2D eigenvalue weighted by Crippen LogP contribution is -2.12. The van der Waals surface area contributed by atoms with E-state index in [-0.39, 0.29) is 16.6 Å². The third-order valence-corrected chi connectivity index (χ3v) is 5.27. The Labute approximate surface area is 121 Å². The van der Waals surface area contributed by atoms with Gasteiger partial charge in [-0.3, -0.25) is 10.1 Å². The van der Waals surface area contributed by atoms with Gasteiger partial charge in [-0.15, -0.1) is 0 Å². The van der Waals surface area contributed by atoms with Crippen molar-refractivity contribution in [2.24, 2.45) is 0 Å². The van der Waals surface area contributed by atoms with Crippen LogP contribution in [0.1, 0.15) is 11.6 Å². The average Bonchev–Trinajstić information content (AvgIpc) is 3.29. The van der Waals surface area contributed by atoms with Crippen LogP contribution >= 0.6 is 0 Å². The van der Waals surface area contributed by atoms with Crippen LogP contribution in [0.2, 0.25) is 0 Å². The van der Waals surface area contributed by atoms with Crippen molar-refractivity contribution in [2.45, 2.75) is 10.9 Å². The van der Waals surface area contributed by atoms with Crippen LogP contribution in [0.15, 0.2) is 59.5 Å². The fourth-order valence-electron chi connectivity index (χ4n) is 2.23. The van der Waals surface area contributed by atoms with E-state index < -0.39 is 14.9 Å². The zero-order valence-corrected chi connectivity index (χ0v) is 11.7. The van der Waals surface area contributed by atoms with Gasteiger partial charge in [-0.1, -0.05) is 30.3 Å². The zero-order chi connectivity index (χ0) is 15.0. The van der Waals surface area contributed by atoms with Crippen molar-refractivity contribution in [3.63, 3.8) is 0 Å². The van der Waals surface area contributed by atoms with Crippen molar-refractivity contribution in [3.05, 3.63) is 70.3 Å². The monoisotopic (exact) mass is 304 g/mol. The molecule has 0 bridgehead atoms. The van der Waals surface area contributed by atoms with Crippen LogP contribution in [0.3, 0.4) is 0 Å². The van der Waals surface area contributed by atoms with Gasteiger partial charge in [-0.05, 0) is 17.7 Å². The molecule has 1 heterocycles. The number of hydrogen-bond acceptors (Lipinski definition) is 4. The summed E-state index contributed by atoms with van der Waals surface area (Å²) >= 11 is 0. The van der Waals surface area contributed by atoms with Gasteiger partial charge < -0.3 is 0 Å². The summed E-state index contributed by atoms with van der Waals surface area (Å²) in [6.07, 6.45) is 0. The number of rotatable bonds is 4. The summed E-state index contributed by atoms with van der Waals surface area (Å²) in [5.74, 6) is 0. The molecule has 2 unspecified atom stereocenters. The molecular formula is C14H12N2O4S. The van der Waals surface area contributed by atoms with E-state index in [1.54, 1.807) is 30.3 Å². The van der Waals surface area contributed by atoms with E-state index >= 15 is 0 Å². The zero-order valence-electron chi connectivity index (χ0n) is 10.9. The second-order valence-electron chi connectivity index (χ2n) is 4.76. The lowest BCUT2D eigenvalue weighted by Gasteiger charge is -2.06. The number of sulfonamides is 1. The van der Waals surface area contributed by atoms with Crippen molar-refractivity contribution in [1.29, 1.82) is 0 Å². The van der Waals surface area contributed by atoms with Crippen molar-refractivity contribution in [1.82, 2.24) is 4.31 Å². The van der Waals surface area contributed by atoms with Gasteiger partial charge in [0.1, 0.15) is 0 Å². The molecule has 6 nitrogen and oxygen atoms in total. The highest BCUT2D eigenvalue weighted by atomic mass is 32.2. The van der Waals surface area contributed by atoms with Crippen LogP contribution in [0.25, 0.3) is 0 Å². The molecule has 0 N–H and O–H groups in total. The Kier molecular flexibility index (Phi) is 3.23. The summed E-state index contributed by atoms with van der Waals surface area (Å²) < 4.78 is 26.1. The predicted molar refractivity (Wildman–Crippen MR) is 76.2 cm³/mol. The number of hydrogen-bond donors (Lipinski definition) is 0. The maximum atomic E-state index is 12.4. The summed E-state index contributed by atoms with van der Waals surface area (Å²) in [6, 6.07) is 13.9. The minimum absolute atomic E-state index is 0.0311. The van der Waals surface area contributed by atoms with Crippen LogP contribution < -0.4 is 0 Å². The molecule has 0 amide bonds. The highest BCUT2D eigenvalue weighted by Crippen LogP contribution is 2.40. The van der Waals surface area contributed by atoms with E-state index in [0.29, 0.717) is 12.1 Å². The maximum absolute atomic E-state index is 12.4. The second-order valence-corrected chi connectivity index (χ2v) is 6.65. The normalized spacial score (nSPS) is 21.0. The fraction of sp³-hybridized carbons (Fsp3) is 0.143. The van der Waals surface area contributed by atoms with Gasteiger partial charge in [0.15, 0.2) is 0 Å². The number of nitro benzene ring substituents is 1. The Morgan fingerprint density at radius 3 is 2.48 bits per heavy atom. The van der Waals surface area contributed by atoms with Crippen LogP contribution in [0.4, 0.5) is 5.69 Å². The minimum atomic E-state index is -3.53. The average molecular weight is 304 g/mol. The van der Waals surface area contributed by atoms with Gasteiger partial charge >= 0.3 is 0 Å². The summed E-state index contributed by atoms with van der Waals surface area (Å²) in [5, 5.41) is 10.8. The first-order chi connectivity index (χ1) is 10.00. The lowest BCUT2D eigenvalue weighted by molar-refractivity contribution is -0.384. The van der Waals surface area contributed by atoms with E-state index in [9.17, 15) is 18.5 Å². The van der Waals surface area contributed by atoms with Gasteiger partial charge in [0, 0.05) is 18.7 Å². The molecule has 3 rings (SSSR count). The Bertz CT molecular complexity index is 790. The molecule has 7 heteroatoms. The first-order valence-corrected chi connectivity index (χ1v) is 7.75. The van der Waals surface area contributed by atoms with Crippen LogP contribution in [0.5, 0.6) is 0 Å². The summed E-state index contributed by atoms with van der Waals surface area (Å²) in [4.78, 5) is 10.5. The molecule has 0 aromatic heterocycles. The molecule has 1 saturated heterocycles. The van der Waals surface area contributed by atoms with E-state index in [2.05, 4.69) is 0 Å².